The summed E-state index contributed by atoms with van der Waals surface area (Å²) < 4.78 is 73.7. The van der Waals surface area contributed by atoms with E-state index in [2.05, 4.69) is 10.3 Å². The first-order chi connectivity index (χ1) is 19.4. The topological polar surface area (TPSA) is 136 Å². The molecule has 3 aromatic rings. The highest BCUT2D eigenvalue weighted by atomic mass is 19.4. The van der Waals surface area contributed by atoms with Gasteiger partial charge in [0.05, 0.1) is 32.1 Å². The lowest BCUT2D eigenvalue weighted by Gasteiger charge is -2.31. The predicted octanol–water partition coefficient (Wildman–Crippen LogP) is 3.16. The highest BCUT2D eigenvalue weighted by Gasteiger charge is 2.57. The normalized spacial score (nSPS) is 19.6. The number of benzene rings is 2. The third-order valence-electron chi connectivity index (χ3n) is 7.02. The van der Waals surface area contributed by atoms with Crippen LogP contribution >= 0.6 is 0 Å². The Bertz CT molecular complexity index is 1460. The van der Waals surface area contributed by atoms with E-state index in [0.29, 0.717) is 5.75 Å². The summed E-state index contributed by atoms with van der Waals surface area (Å²) in [6.45, 7) is -2.28. The Morgan fingerprint density at radius 2 is 1.88 bits per heavy atom. The molecular weight excluding hydrogens is 550 g/mol. The van der Waals surface area contributed by atoms with Gasteiger partial charge in [0.25, 0.3) is 5.91 Å². The van der Waals surface area contributed by atoms with E-state index >= 15 is 0 Å². The van der Waals surface area contributed by atoms with Crippen molar-refractivity contribution >= 4 is 5.91 Å². The molecule has 13 heteroatoms. The van der Waals surface area contributed by atoms with E-state index in [4.69, 9.17) is 19.9 Å². The molecule has 218 valence electrons. The fourth-order valence-corrected chi connectivity index (χ4v) is 4.39. The van der Waals surface area contributed by atoms with E-state index in [0.717, 1.165) is 31.0 Å². The third-order valence-corrected chi connectivity index (χ3v) is 7.02. The molecule has 1 saturated carbocycles. The molecular formula is C28H27F4N3O6. The number of nitrogens with zero attached hydrogens (tertiary/aromatic N) is 1. The second-order valence-corrected chi connectivity index (χ2v) is 10.1. The number of carbonyl (C=O) groups excluding carboxylic acids is 1. The molecule has 2 aliphatic rings. The summed E-state index contributed by atoms with van der Waals surface area (Å²) in [5, 5.41) is 23.1. The van der Waals surface area contributed by atoms with E-state index in [1.165, 1.54) is 37.4 Å². The SMILES string of the molecule is COc1cc(C(=O)NCC(O)(c2cc3c(c(-c4ccc(F)cc4)n2)OCC3(N)CO)C(F)(F)F)ccc1OC1CC1. The van der Waals surface area contributed by atoms with Gasteiger partial charge in [0.1, 0.15) is 23.7 Å². The van der Waals surface area contributed by atoms with Gasteiger partial charge in [-0.05, 0) is 61.4 Å². The summed E-state index contributed by atoms with van der Waals surface area (Å²) in [6, 6.07) is 9.78. The Labute approximate surface area is 231 Å². The number of alkyl halides is 3. The van der Waals surface area contributed by atoms with Gasteiger partial charge in [0.15, 0.2) is 17.2 Å². The number of ether oxygens (including phenoxy) is 3. The number of carbonyl (C=O) groups is 1. The molecule has 1 aliphatic carbocycles. The minimum atomic E-state index is -5.32. The maximum atomic E-state index is 14.5. The molecule has 9 nitrogen and oxygen atoms in total. The first kappa shape index (κ1) is 28.6. The monoisotopic (exact) mass is 577 g/mol. The number of aliphatic hydroxyl groups excluding tert-OH is 1. The van der Waals surface area contributed by atoms with Gasteiger partial charge in [-0.15, -0.1) is 0 Å². The number of hydrogen-bond acceptors (Lipinski definition) is 8. The predicted molar refractivity (Wildman–Crippen MR) is 137 cm³/mol. The Morgan fingerprint density at radius 1 is 1.17 bits per heavy atom. The first-order valence-electron chi connectivity index (χ1n) is 12.6. The standard InChI is InChI=1S/C28H27F4N3O6/c1-39-21-10-16(4-9-20(21)41-18-7-8-18)25(37)34-12-27(38,28(30,31)32)22-11-19-24(40-14-26(19,33)13-36)23(35-22)15-2-5-17(29)6-3-15/h2-6,9-11,18,36,38H,7-8,12-14,33H2,1H3,(H,34,37). The van der Waals surface area contributed by atoms with Crippen LogP contribution in [0, 0.1) is 5.82 Å². The Balaban J connectivity index is 1.51. The second kappa shape index (κ2) is 10.5. The fourth-order valence-electron chi connectivity index (χ4n) is 4.39. The van der Waals surface area contributed by atoms with Crippen molar-refractivity contribution < 1.29 is 46.8 Å². The molecule has 1 amide bonds. The number of halogens is 4. The summed E-state index contributed by atoms with van der Waals surface area (Å²) in [4.78, 5) is 17.0. The smallest absolute Gasteiger partial charge is 0.424 e. The molecule has 0 bridgehead atoms. The van der Waals surface area contributed by atoms with Crippen LogP contribution < -0.4 is 25.3 Å². The Morgan fingerprint density at radius 3 is 2.49 bits per heavy atom. The zero-order valence-electron chi connectivity index (χ0n) is 21.8. The van der Waals surface area contributed by atoms with E-state index in [1.54, 1.807) is 0 Å². The van der Waals surface area contributed by atoms with Gasteiger partial charge in [0, 0.05) is 16.7 Å². The van der Waals surface area contributed by atoms with Crippen LogP contribution in [0.2, 0.25) is 0 Å². The number of rotatable bonds is 9. The molecule has 1 fully saturated rings. The van der Waals surface area contributed by atoms with Crippen molar-refractivity contribution in [3.05, 3.63) is 71.2 Å². The van der Waals surface area contributed by atoms with Gasteiger partial charge in [-0.2, -0.15) is 13.2 Å². The van der Waals surface area contributed by atoms with Crippen molar-refractivity contribution in [3.8, 4) is 28.5 Å². The lowest BCUT2D eigenvalue weighted by Crippen LogP contribution is -2.52. The average molecular weight is 578 g/mol. The molecule has 0 spiro atoms. The van der Waals surface area contributed by atoms with Gasteiger partial charge < -0.3 is 35.5 Å². The van der Waals surface area contributed by atoms with Crippen LogP contribution in [-0.2, 0) is 11.1 Å². The Kier molecular flexibility index (Phi) is 7.30. The molecule has 5 rings (SSSR count). The maximum Gasteiger partial charge on any atom is 0.424 e. The van der Waals surface area contributed by atoms with Crippen LogP contribution in [0.5, 0.6) is 17.2 Å². The minimum absolute atomic E-state index is 0.00827. The van der Waals surface area contributed by atoms with Crippen LogP contribution in [0.15, 0.2) is 48.5 Å². The number of fused-ring (bicyclic) bond motifs is 1. The summed E-state index contributed by atoms with van der Waals surface area (Å²) in [6.07, 6.45) is -3.50. The van der Waals surface area contributed by atoms with Crippen molar-refractivity contribution in [2.75, 3.05) is 26.9 Å². The molecule has 1 aliphatic heterocycles. The average Bonchev–Trinajstić information content (AvgIpc) is 3.71. The summed E-state index contributed by atoms with van der Waals surface area (Å²) in [5.74, 6) is -0.903. The second-order valence-electron chi connectivity index (χ2n) is 10.1. The van der Waals surface area contributed by atoms with E-state index in [1.807, 2.05) is 0 Å². The third kappa shape index (κ3) is 5.39. The number of methoxy groups -OCH3 is 1. The number of hydrogen-bond donors (Lipinski definition) is 4. The van der Waals surface area contributed by atoms with E-state index in [-0.39, 0.29) is 46.6 Å². The molecule has 0 saturated heterocycles. The highest BCUT2D eigenvalue weighted by molar-refractivity contribution is 5.95. The fraction of sp³-hybridized carbons (Fsp3) is 0.357. The summed E-state index contributed by atoms with van der Waals surface area (Å²) >= 11 is 0. The first-order valence-corrected chi connectivity index (χ1v) is 12.6. The molecule has 2 heterocycles. The van der Waals surface area contributed by atoms with Crippen molar-refractivity contribution in [1.29, 1.82) is 0 Å². The largest absolute Gasteiger partial charge is 0.493 e. The maximum absolute atomic E-state index is 14.5. The summed E-state index contributed by atoms with van der Waals surface area (Å²) in [7, 11) is 1.37. The number of nitrogens with two attached hydrogens (primary N) is 1. The number of aliphatic hydroxyl groups is 2. The highest BCUT2D eigenvalue weighted by Crippen LogP contribution is 2.46. The van der Waals surface area contributed by atoms with Crippen molar-refractivity contribution in [3.63, 3.8) is 0 Å². The van der Waals surface area contributed by atoms with E-state index in [9.17, 15) is 32.6 Å². The van der Waals surface area contributed by atoms with Crippen LogP contribution in [-0.4, -0.2) is 60.3 Å². The van der Waals surface area contributed by atoms with Crippen LogP contribution in [0.1, 0.15) is 34.5 Å². The molecule has 1 aromatic heterocycles. The van der Waals surface area contributed by atoms with Gasteiger partial charge >= 0.3 is 6.18 Å². The lowest BCUT2D eigenvalue weighted by molar-refractivity contribution is -0.265. The Hall–Kier alpha value is -3.94. The van der Waals surface area contributed by atoms with Gasteiger partial charge in [-0.1, -0.05) is 0 Å². The number of amides is 1. The molecule has 0 radical (unpaired) electrons. The lowest BCUT2D eigenvalue weighted by atomic mass is 9.88. The molecule has 2 atom stereocenters. The van der Waals surface area contributed by atoms with Crippen molar-refractivity contribution in [2.24, 2.45) is 5.73 Å². The van der Waals surface area contributed by atoms with Gasteiger partial charge in [-0.25, -0.2) is 9.37 Å². The van der Waals surface area contributed by atoms with Crippen LogP contribution in [0.4, 0.5) is 17.6 Å². The quantitative estimate of drug-likeness (QED) is 0.285. The van der Waals surface area contributed by atoms with Gasteiger partial charge in [0.2, 0.25) is 5.60 Å². The number of pyridine rings is 1. The minimum Gasteiger partial charge on any atom is -0.493 e. The van der Waals surface area contributed by atoms with Gasteiger partial charge in [-0.3, -0.25) is 4.79 Å². The summed E-state index contributed by atoms with van der Waals surface area (Å²) in [5.41, 5.74) is -0.00339. The molecule has 5 N–H and O–H groups in total. The van der Waals surface area contributed by atoms with Crippen LogP contribution in [0.25, 0.3) is 11.3 Å². The van der Waals surface area contributed by atoms with E-state index < -0.39 is 47.9 Å². The molecule has 2 unspecified atom stereocenters. The zero-order chi connectivity index (χ0) is 29.6. The molecule has 41 heavy (non-hydrogen) atoms. The van der Waals surface area contributed by atoms with Crippen LogP contribution in [0.3, 0.4) is 0 Å². The number of aromatic nitrogens is 1. The van der Waals surface area contributed by atoms with Crippen molar-refractivity contribution in [1.82, 2.24) is 10.3 Å². The van der Waals surface area contributed by atoms with Crippen molar-refractivity contribution in [2.45, 2.75) is 36.3 Å². The molecule has 2 aromatic carbocycles. The number of nitrogens with one attached hydrogen (secondary N) is 1. The zero-order valence-corrected chi connectivity index (χ0v) is 21.8.